The van der Waals surface area contributed by atoms with E-state index in [4.69, 9.17) is 0 Å². The highest BCUT2D eigenvalue weighted by Gasteiger charge is 1.90. The van der Waals surface area contributed by atoms with Gasteiger partial charge in [-0.2, -0.15) is 0 Å². The maximum atomic E-state index is 9.85. The highest BCUT2D eigenvalue weighted by molar-refractivity contribution is 5.51. The third-order valence-electron chi connectivity index (χ3n) is 2.48. The first-order chi connectivity index (χ1) is 8.13. The number of likely N-dealkylation sites (N-methyl/N-ethyl adjacent to an activating group) is 1. The van der Waals surface area contributed by atoms with Gasteiger partial charge < -0.3 is 4.79 Å². The van der Waals surface area contributed by atoms with Crippen LogP contribution in [0.15, 0.2) is 24.3 Å². The molecule has 0 saturated carbocycles. The van der Waals surface area contributed by atoms with E-state index >= 15 is 0 Å². The van der Waals surface area contributed by atoms with Gasteiger partial charge >= 0.3 is 0 Å². The summed E-state index contributed by atoms with van der Waals surface area (Å²) in [5, 5.41) is 0. The second-order valence-electron chi connectivity index (χ2n) is 4.27. The van der Waals surface area contributed by atoms with Crippen LogP contribution >= 0.6 is 0 Å². The minimum atomic E-state index is 0.563. The Morgan fingerprint density at radius 1 is 1.29 bits per heavy atom. The van der Waals surface area contributed by atoms with Crippen LogP contribution in [0, 0.1) is 6.92 Å². The van der Waals surface area contributed by atoms with Crippen LogP contribution < -0.4 is 0 Å². The van der Waals surface area contributed by atoms with E-state index in [9.17, 15) is 4.79 Å². The fraction of sp³-hybridized carbons (Fsp3) is 0.533. The molecule has 2 heteroatoms. The monoisotopic (exact) mass is 235 g/mol. The highest BCUT2D eigenvalue weighted by Crippen LogP contribution is 2.03. The summed E-state index contributed by atoms with van der Waals surface area (Å²) in [6.07, 6.45) is 3.18. The van der Waals surface area contributed by atoms with Crippen molar-refractivity contribution >= 4 is 6.29 Å². The molecule has 1 aromatic rings. The lowest BCUT2D eigenvalue weighted by atomic mass is 10.1. The summed E-state index contributed by atoms with van der Waals surface area (Å²) in [4.78, 5) is 11.8. The maximum Gasteiger partial charge on any atom is 0.133 e. The van der Waals surface area contributed by atoms with E-state index in [1.807, 2.05) is 11.9 Å². The van der Waals surface area contributed by atoms with Crippen molar-refractivity contribution in [1.29, 1.82) is 0 Å². The quantitative estimate of drug-likeness (QED) is 0.731. The molecule has 0 amide bonds. The normalized spacial score (nSPS) is 9.71. The smallest absolute Gasteiger partial charge is 0.133 e. The number of hydrogen-bond donors (Lipinski definition) is 0. The number of benzene rings is 1. The van der Waals surface area contributed by atoms with E-state index in [-0.39, 0.29) is 0 Å². The zero-order valence-corrected chi connectivity index (χ0v) is 11.6. The number of aryl methyl sites for hydroxylation is 2. The van der Waals surface area contributed by atoms with Crippen molar-refractivity contribution in [2.75, 3.05) is 20.1 Å². The van der Waals surface area contributed by atoms with Gasteiger partial charge in [0.2, 0.25) is 0 Å². The predicted octanol–water partition coefficient (Wildman–Crippen LogP) is 3.08. The van der Waals surface area contributed by atoms with E-state index in [1.54, 1.807) is 0 Å². The summed E-state index contributed by atoms with van der Waals surface area (Å²) in [6.45, 7) is 7.97. The number of hydrogen-bond acceptors (Lipinski definition) is 2. The largest absolute Gasteiger partial charge is 0.302 e. The molecule has 1 aromatic carbocycles. The van der Waals surface area contributed by atoms with Crippen LogP contribution in [0.4, 0.5) is 0 Å². The van der Waals surface area contributed by atoms with E-state index in [0.717, 1.165) is 25.7 Å². The van der Waals surface area contributed by atoms with Crippen LogP contribution in [0.1, 0.15) is 31.4 Å². The van der Waals surface area contributed by atoms with Crippen LogP contribution in [0.25, 0.3) is 0 Å². The fourth-order valence-electron chi connectivity index (χ4n) is 1.53. The summed E-state index contributed by atoms with van der Waals surface area (Å²) in [5.74, 6) is 0. The van der Waals surface area contributed by atoms with Gasteiger partial charge in [0.05, 0.1) is 6.54 Å². The van der Waals surface area contributed by atoms with Gasteiger partial charge in [-0.15, -0.1) is 0 Å². The van der Waals surface area contributed by atoms with E-state index in [1.165, 1.54) is 11.1 Å². The molecular formula is C15H25NO. The van der Waals surface area contributed by atoms with Crippen LogP contribution in [-0.2, 0) is 11.2 Å². The molecule has 0 aliphatic carbocycles. The van der Waals surface area contributed by atoms with Crippen molar-refractivity contribution in [3.63, 3.8) is 0 Å². The van der Waals surface area contributed by atoms with Gasteiger partial charge in [0, 0.05) is 0 Å². The number of nitrogens with zero attached hydrogens (tertiary/aromatic N) is 1. The summed E-state index contributed by atoms with van der Waals surface area (Å²) in [6, 6.07) is 8.61. The number of carbonyl (C=O) groups is 1. The third kappa shape index (κ3) is 8.64. The molecule has 0 bridgehead atoms. The number of carbonyl (C=O) groups excluding carboxylic acids is 1. The van der Waals surface area contributed by atoms with Gasteiger partial charge in [0.15, 0.2) is 0 Å². The average Bonchev–Trinajstić information content (AvgIpc) is 2.30. The minimum Gasteiger partial charge on any atom is -0.302 e. The molecule has 17 heavy (non-hydrogen) atoms. The first-order valence-corrected chi connectivity index (χ1v) is 6.31. The Morgan fingerprint density at radius 2 is 2.00 bits per heavy atom. The van der Waals surface area contributed by atoms with E-state index in [0.29, 0.717) is 6.54 Å². The van der Waals surface area contributed by atoms with Crippen molar-refractivity contribution in [1.82, 2.24) is 4.90 Å². The summed E-state index contributed by atoms with van der Waals surface area (Å²) < 4.78 is 0. The fourth-order valence-corrected chi connectivity index (χ4v) is 1.53. The first kappa shape index (κ1) is 15.9. The lowest BCUT2D eigenvalue weighted by Gasteiger charge is -2.09. The maximum absolute atomic E-state index is 9.85. The molecule has 0 aromatic heterocycles. The van der Waals surface area contributed by atoms with E-state index < -0.39 is 0 Å². The molecule has 0 unspecified atom stereocenters. The van der Waals surface area contributed by atoms with Crippen LogP contribution in [-0.4, -0.2) is 31.3 Å². The van der Waals surface area contributed by atoms with Gasteiger partial charge in [-0.25, -0.2) is 0 Å². The second-order valence-corrected chi connectivity index (χ2v) is 4.27. The second kappa shape index (κ2) is 10.0. The molecule has 0 aliphatic heterocycles. The Morgan fingerprint density at radius 3 is 2.41 bits per heavy atom. The predicted molar refractivity (Wildman–Crippen MR) is 74.4 cm³/mol. The standard InChI is InChI=1S/C9H12.C6H13NO/c1-3-9-6-4-5-8(2)7-9;1-3-4-7(2)5-6-8/h4-7H,3H2,1-2H3;6H,3-5H2,1-2H3. The van der Waals surface area contributed by atoms with Gasteiger partial charge in [0.1, 0.15) is 6.29 Å². The average molecular weight is 235 g/mol. The number of rotatable bonds is 5. The molecule has 0 spiro atoms. The zero-order valence-electron chi connectivity index (χ0n) is 11.6. The first-order valence-electron chi connectivity index (χ1n) is 6.31. The van der Waals surface area contributed by atoms with Gasteiger partial charge in [-0.3, -0.25) is 4.90 Å². The highest BCUT2D eigenvalue weighted by atomic mass is 16.1. The van der Waals surface area contributed by atoms with Gasteiger partial charge in [0.25, 0.3) is 0 Å². The van der Waals surface area contributed by atoms with Crippen molar-refractivity contribution in [2.24, 2.45) is 0 Å². The molecule has 0 heterocycles. The molecule has 1 rings (SSSR count). The SMILES string of the molecule is CCCN(C)CC=O.CCc1cccc(C)c1. The number of aldehydes is 1. The molecule has 0 atom stereocenters. The van der Waals surface area contributed by atoms with Crippen LogP contribution in [0.5, 0.6) is 0 Å². The van der Waals surface area contributed by atoms with Crippen molar-refractivity contribution in [3.05, 3.63) is 35.4 Å². The zero-order chi connectivity index (χ0) is 13.1. The Kier molecular flexibility index (Phi) is 9.35. The Hall–Kier alpha value is -1.15. The molecule has 96 valence electrons. The lowest BCUT2D eigenvalue weighted by molar-refractivity contribution is -0.108. The van der Waals surface area contributed by atoms with Crippen molar-refractivity contribution in [2.45, 2.75) is 33.6 Å². The Labute approximate surface area is 106 Å². The van der Waals surface area contributed by atoms with Crippen molar-refractivity contribution < 1.29 is 4.79 Å². The molecule has 0 N–H and O–H groups in total. The summed E-state index contributed by atoms with van der Waals surface area (Å²) >= 11 is 0. The topological polar surface area (TPSA) is 20.3 Å². The van der Waals surface area contributed by atoms with Gasteiger partial charge in [-0.05, 0) is 38.9 Å². The lowest BCUT2D eigenvalue weighted by Crippen LogP contribution is -2.20. The minimum absolute atomic E-state index is 0.563. The van der Waals surface area contributed by atoms with Gasteiger partial charge in [-0.1, -0.05) is 43.7 Å². The Balaban J connectivity index is 0.000000304. The van der Waals surface area contributed by atoms with Crippen LogP contribution in [0.3, 0.4) is 0 Å². The molecule has 0 fully saturated rings. The van der Waals surface area contributed by atoms with E-state index in [2.05, 4.69) is 45.0 Å². The molecule has 0 saturated heterocycles. The molecular weight excluding hydrogens is 210 g/mol. The summed E-state index contributed by atoms with van der Waals surface area (Å²) in [5.41, 5.74) is 2.78. The molecule has 2 nitrogen and oxygen atoms in total. The molecule has 0 radical (unpaired) electrons. The molecule has 0 aliphatic rings. The van der Waals surface area contributed by atoms with Crippen LogP contribution in [0.2, 0.25) is 0 Å². The third-order valence-corrected chi connectivity index (χ3v) is 2.48. The van der Waals surface area contributed by atoms with Crippen molar-refractivity contribution in [3.8, 4) is 0 Å². The Bertz CT molecular complexity index is 310. The summed E-state index contributed by atoms with van der Waals surface area (Å²) in [7, 11) is 1.94.